The summed E-state index contributed by atoms with van der Waals surface area (Å²) in [5.74, 6) is 0.0848. The molecular weight excluding hydrogens is 294 g/mol. The van der Waals surface area contributed by atoms with Gasteiger partial charge < -0.3 is 5.32 Å². The maximum absolute atomic E-state index is 13.0. The van der Waals surface area contributed by atoms with Crippen LogP contribution in [0, 0.1) is 6.92 Å². The maximum Gasteiger partial charge on any atom is 0.235 e. The van der Waals surface area contributed by atoms with Gasteiger partial charge in [-0.05, 0) is 43.0 Å². The molecule has 2 aromatic rings. The van der Waals surface area contributed by atoms with Crippen LogP contribution in [0.2, 0.25) is 5.02 Å². The van der Waals surface area contributed by atoms with Gasteiger partial charge in [0.05, 0.1) is 5.41 Å². The summed E-state index contributed by atoms with van der Waals surface area (Å²) < 4.78 is 0. The van der Waals surface area contributed by atoms with Crippen molar-refractivity contribution in [2.75, 3.05) is 5.32 Å². The third kappa shape index (κ3) is 2.64. The summed E-state index contributed by atoms with van der Waals surface area (Å²) in [5, 5.41) is 3.79. The van der Waals surface area contributed by atoms with Gasteiger partial charge in [0, 0.05) is 10.7 Å². The Morgan fingerprint density at radius 1 is 1.05 bits per heavy atom. The highest BCUT2D eigenvalue weighted by atomic mass is 35.5. The van der Waals surface area contributed by atoms with E-state index in [-0.39, 0.29) is 5.91 Å². The number of hydrogen-bond acceptors (Lipinski definition) is 1. The average Bonchev–Trinajstić information content (AvgIpc) is 3.04. The minimum Gasteiger partial charge on any atom is -0.325 e. The first kappa shape index (κ1) is 15.1. The summed E-state index contributed by atoms with van der Waals surface area (Å²) >= 11 is 6.16. The Morgan fingerprint density at radius 3 is 2.41 bits per heavy atom. The molecule has 0 radical (unpaired) electrons. The zero-order valence-electron chi connectivity index (χ0n) is 12.7. The third-order valence-electron chi connectivity index (χ3n) is 4.73. The lowest BCUT2D eigenvalue weighted by molar-refractivity contribution is -0.121. The lowest BCUT2D eigenvalue weighted by atomic mass is 9.78. The van der Waals surface area contributed by atoms with Crippen molar-refractivity contribution < 1.29 is 4.79 Å². The Labute approximate surface area is 136 Å². The predicted molar refractivity (Wildman–Crippen MR) is 91.4 cm³/mol. The fourth-order valence-electron chi connectivity index (χ4n) is 3.37. The van der Waals surface area contributed by atoms with E-state index in [0.717, 1.165) is 42.5 Å². The quantitative estimate of drug-likeness (QED) is 0.839. The van der Waals surface area contributed by atoms with Crippen LogP contribution in [0.25, 0.3) is 0 Å². The maximum atomic E-state index is 13.0. The van der Waals surface area contributed by atoms with E-state index in [4.69, 9.17) is 11.6 Å². The summed E-state index contributed by atoms with van der Waals surface area (Å²) in [6, 6.07) is 15.8. The van der Waals surface area contributed by atoms with Crippen LogP contribution in [0.5, 0.6) is 0 Å². The van der Waals surface area contributed by atoms with Gasteiger partial charge in [-0.3, -0.25) is 4.79 Å². The second-order valence-corrected chi connectivity index (χ2v) is 6.43. The lowest BCUT2D eigenvalue weighted by Crippen LogP contribution is -2.38. The number of benzene rings is 2. The van der Waals surface area contributed by atoms with Crippen LogP contribution < -0.4 is 5.32 Å². The summed E-state index contributed by atoms with van der Waals surface area (Å²) in [4.78, 5) is 13.0. The highest BCUT2D eigenvalue weighted by molar-refractivity contribution is 6.31. The number of amides is 1. The predicted octanol–water partition coefficient (Wildman–Crippen LogP) is 5.10. The molecule has 3 rings (SSSR count). The summed E-state index contributed by atoms with van der Waals surface area (Å²) in [6.45, 7) is 1.93. The van der Waals surface area contributed by atoms with Crippen molar-refractivity contribution in [1.82, 2.24) is 0 Å². The molecule has 2 aromatic carbocycles. The first-order valence-corrected chi connectivity index (χ1v) is 8.13. The van der Waals surface area contributed by atoms with Crippen molar-refractivity contribution in [1.29, 1.82) is 0 Å². The van der Waals surface area contributed by atoms with Gasteiger partial charge in [0.15, 0.2) is 0 Å². The van der Waals surface area contributed by atoms with Crippen molar-refractivity contribution in [3.05, 3.63) is 64.7 Å². The van der Waals surface area contributed by atoms with Crippen molar-refractivity contribution in [3.8, 4) is 0 Å². The second kappa shape index (κ2) is 6.13. The van der Waals surface area contributed by atoms with Gasteiger partial charge in [0.1, 0.15) is 0 Å². The number of halogens is 1. The molecule has 1 saturated carbocycles. The van der Waals surface area contributed by atoms with E-state index in [9.17, 15) is 4.79 Å². The fraction of sp³-hybridized carbons (Fsp3) is 0.316. The molecule has 1 aliphatic carbocycles. The first-order chi connectivity index (χ1) is 10.6. The van der Waals surface area contributed by atoms with Gasteiger partial charge >= 0.3 is 0 Å². The molecule has 0 spiro atoms. The Hall–Kier alpha value is -1.80. The number of carbonyl (C=O) groups excluding carboxylic acids is 1. The van der Waals surface area contributed by atoms with E-state index < -0.39 is 5.41 Å². The molecule has 0 bridgehead atoms. The summed E-state index contributed by atoms with van der Waals surface area (Å²) in [7, 11) is 0. The molecule has 2 nitrogen and oxygen atoms in total. The minimum absolute atomic E-state index is 0.0848. The van der Waals surface area contributed by atoms with E-state index >= 15 is 0 Å². The largest absolute Gasteiger partial charge is 0.325 e. The SMILES string of the molecule is Cc1c(Cl)cccc1NC(=O)C1(c2ccccc2)CCCC1. The standard InChI is InChI=1S/C19H20ClNO/c1-14-16(20)10-7-11-17(14)21-18(22)19(12-5-6-13-19)15-8-3-2-4-9-15/h2-4,7-11H,5-6,12-13H2,1H3,(H,21,22). The molecule has 0 heterocycles. The fourth-order valence-corrected chi connectivity index (χ4v) is 3.54. The van der Waals surface area contributed by atoms with Gasteiger partial charge in [-0.1, -0.05) is 60.8 Å². The van der Waals surface area contributed by atoms with E-state index in [1.165, 1.54) is 0 Å². The Bertz CT molecular complexity index is 675. The van der Waals surface area contributed by atoms with Gasteiger partial charge in [0.25, 0.3) is 0 Å². The normalized spacial score (nSPS) is 16.5. The van der Waals surface area contributed by atoms with Gasteiger partial charge in [0.2, 0.25) is 5.91 Å². The van der Waals surface area contributed by atoms with Crippen LogP contribution in [0.3, 0.4) is 0 Å². The number of nitrogens with one attached hydrogen (secondary N) is 1. The summed E-state index contributed by atoms with van der Waals surface area (Å²) in [5.41, 5.74) is 2.43. The molecule has 0 aromatic heterocycles. The third-order valence-corrected chi connectivity index (χ3v) is 5.14. The highest BCUT2D eigenvalue weighted by Crippen LogP contribution is 2.42. The molecule has 0 aliphatic heterocycles. The number of anilines is 1. The molecule has 3 heteroatoms. The first-order valence-electron chi connectivity index (χ1n) is 7.75. The zero-order valence-corrected chi connectivity index (χ0v) is 13.5. The minimum atomic E-state index is -0.407. The van der Waals surface area contributed by atoms with Gasteiger partial charge in [-0.2, -0.15) is 0 Å². The van der Waals surface area contributed by atoms with Crippen LogP contribution in [0.4, 0.5) is 5.69 Å². The topological polar surface area (TPSA) is 29.1 Å². The van der Waals surface area contributed by atoms with E-state index in [1.54, 1.807) is 0 Å². The molecule has 0 atom stereocenters. The van der Waals surface area contributed by atoms with Gasteiger partial charge in [-0.25, -0.2) is 0 Å². The molecule has 1 aliphatic rings. The zero-order chi connectivity index (χ0) is 15.6. The van der Waals surface area contributed by atoms with Crippen molar-refractivity contribution in [2.45, 2.75) is 38.0 Å². The monoisotopic (exact) mass is 313 g/mol. The van der Waals surface area contributed by atoms with Crippen molar-refractivity contribution >= 4 is 23.2 Å². The molecule has 22 heavy (non-hydrogen) atoms. The molecular formula is C19H20ClNO. The average molecular weight is 314 g/mol. The number of hydrogen-bond donors (Lipinski definition) is 1. The molecule has 0 unspecified atom stereocenters. The van der Waals surface area contributed by atoms with Crippen LogP contribution in [-0.2, 0) is 10.2 Å². The molecule has 114 valence electrons. The van der Waals surface area contributed by atoms with E-state index in [0.29, 0.717) is 5.02 Å². The highest BCUT2D eigenvalue weighted by Gasteiger charge is 2.42. The molecule has 1 amide bonds. The van der Waals surface area contributed by atoms with E-state index in [1.807, 2.05) is 43.3 Å². The van der Waals surface area contributed by atoms with Crippen LogP contribution in [0.1, 0.15) is 36.8 Å². The van der Waals surface area contributed by atoms with Crippen LogP contribution in [-0.4, -0.2) is 5.91 Å². The van der Waals surface area contributed by atoms with Crippen molar-refractivity contribution in [3.63, 3.8) is 0 Å². The lowest BCUT2D eigenvalue weighted by Gasteiger charge is -2.28. The second-order valence-electron chi connectivity index (χ2n) is 6.02. The molecule has 1 fully saturated rings. The van der Waals surface area contributed by atoms with Crippen LogP contribution in [0.15, 0.2) is 48.5 Å². The summed E-state index contributed by atoms with van der Waals surface area (Å²) in [6.07, 6.45) is 4.00. The molecule has 1 N–H and O–H groups in total. The Balaban J connectivity index is 1.93. The Morgan fingerprint density at radius 2 is 1.73 bits per heavy atom. The number of rotatable bonds is 3. The number of carbonyl (C=O) groups is 1. The Kier molecular flexibility index (Phi) is 4.21. The smallest absolute Gasteiger partial charge is 0.235 e. The van der Waals surface area contributed by atoms with Crippen molar-refractivity contribution in [2.24, 2.45) is 0 Å². The molecule has 0 saturated heterocycles. The van der Waals surface area contributed by atoms with E-state index in [2.05, 4.69) is 17.4 Å². The van der Waals surface area contributed by atoms with Crippen LogP contribution >= 0.6 is 11.6 Å². The van der Waals surface area contributed by atoms with Gasteiger partial charge in [-0.15, -0.1) is 0 Å².